The summed E-state index contributed by atoms with van der Waals surface area (Å²) in [5, 5.41) is 10.3. The van der Waals surface area contributed by atoms with Crippen LogP contribution in [0.1, 0.15) is 11.4 Å². The maximum Gasteiger partial charge on any atom is 0.150 e. The summed E-state index contributed by atoms with van der Waals surface area (Å²) in [6.45, 7) is 9.38. The van der Waals surface area contributed by atoms with Crippen molar-refractivity contribution < 1.29 is 5.11 Å². The van der Waals surface area contributed by atoms with Gasteiger partial charge in [-0.2, -0.15) is 0 Å². The number of β-amino-alcohol motifs (C(OH)–C–C–N with tert-alkyl or cyclic N) is 1. The van der Waals surface area contributed by atoms with E-state index in [1.54, 1.807) is 6.20 Å². The summed E-state index contributed by atoms with van der Waals surface area (Å²) in [4.78, 5) is 15.5. The molecule has 6 heteroatoms. The van der Waals surface area contributed by atoms with E-state index < -0.39 is 0 Å². The number of hydrogen-bond donors (Lipinski definition) is 1. The third-order valence-electron chi connectivity index (χ3n) is 3.96. The summed E-state index contributed by atoms with van der Waals surface area (Å²) >= 11 is 0. The molecule has 1 unspecified atom stereocenters. The van der Waals surface area contributed by atoms with Crippen molar-refractivity contribution in [2.45, 2.75) is 20.0 Å². The first-order valence-electron chi connectivity index (χ1n) is 7.56. The highest BCUT2D eigenvalue weighted by Crippen LogP contribution is 2.14. The van der Waals surface area contributed by atoms with Gasteiger partial charge in [0.05, 0.1) is 17.5 Å². The monoisotopic (exact) mass is 293 g/mol. The van der Waals surface area contributed by atoms with Crippen molar-refractivity contribution in [3.05, 3.63) is 17.6 Å². The molecule has 1 fully saturated rings. The lowest BCUT2D eigenvalue weighted by atomic mass is 10.2. The first kappa shape index (κ1) is 16.1. The number of likely N-dealkylation sites (N-methyl/N-ethyl adjacent to an activating group) is 2. The van der Waals surface area contributed by atoms with Crippen LogP contribution in [0, 0.1) is 13.8 Å². The quantitative estimate of drug-likeness (QED) is 0.833. The highest BCUT2D eigenvalue weighted by atomic mass is 16.3. The van der Waals surface area contributed by atoms with E-state index in [-0.39, 0.29) is 6.10 Å². The molecule has 1 aromatic rings. The van der Waals surface area contributed by atoms with Gasteiger partial charge in [-0.3, -0.25) is 9.88 Å². The van der Waals surface area contributed by atoms with Crippen molar-refractivity contribution in [2.75, 3.05) is 58.3 Å². The molecule has 0 aromatic carbocycles. The normalized spacial score (nSPS) is 18.7. The van der Waals surface area contributed by atoms with E-state index >= 15 is 0 Å². The van der Waals surface area contributed by atoms with Gasteiger partial charge in [-0.25, -0.2) is 4.98 Å². The fraction of sp³-hybridized carbons (Fsp3) is 0.733. The van der Waals surface area contributed by atoms with Crippen molar-refractivity contribution in [1.29, 1.82) is 0 Å². The average molecular weight is 293 g/mol. The average Bonchev–Trinajstić information content (AvgIpc) is 2.44. The van der Waals surface area contributed by atoms with Gasteiger partial charge in [0.2, 0.25) is 0 Å². The van der Waals surface area contributed by atoms with Crippen molar-refractivity contribution in [2.24, 2.45) is 0 Å². The first-order valence-corrected chi connectivity index (χ1v) is 7.56. The number of aliphatic hydroxyl groups is 1. The number of anilines is 1. The van der Waals surface area contributed by atoms with E-state index in [1.807, 2.05) is 25.8 Å². The first-order chi connectivity index (χ1) is 9.95. The smallest absolute Gasteiger partial charge is 0.150 e. The van der Waals surface area contributed by atoms with Gasteiger partial charge >= 0.3 is 0 Å². The molecule has 0 saturated carbocycles. The van der Waals surface area contributed by atoms with Crippen molar-refractivity contribution >= 4 is 5.82 Å². The van der Waals surface area contributed by atoms with Crippen molar-refractivity contribution in [3.63, 3.8) is 0 Å². The number of aromatic nitrogens is 2. The van der Waals surface area contributed by atoms with E-state index in [1.165, 1.54) is 0 Å². The Morgan fingerprint density at radius 2 is 1.95 bits per heavy atom. The van der Waals surface area contributed by atoms with Crippen LogP contribution < -0.4 is 4.90 Å². The summed E-state index contributed by atoms with van der Waals surface area (Å²) < 4.78 is 0. The molecular weight excluding hydrogens is 266 g/mol. The molecule has 0 amide bonds. The molecule has 0 bridgehead atoms. The molecule has 1 aliphatic heterocycles. The van der Waals surface area contributed by atoms with Crippen LogP contribution in [-0.2, 0) is 0 Å². The van der Waals surface area contributed by atoms with E-state index in [0.29, 0.717) is 6.54 Å². The van der Waals surface area contributed by atoms with Crippen LogP contribution in [0.5, 0.6) is 0 Å². The Labute approximate surface area is 127 Å². The molecule has 1 aliphatic rings. The molecule has 2 rings (SSSR count). The van der Waals surface area contributed by atoms with Crippen LogP contribution in [0.25, 0.3) is 0 Å². The number of aliphatic hydroxyl groups excluding tert-OH is 1. The van der Waals surface area contributed by atoms with Crippen LogP contribution in [0.4, 0.5) is 5.82 Å². The fourth-order valence-corrected chi connectivity index (χ4v) is 2.68. The third-order valence-corrected chi connectivity index (χ3v) is 3.96. The minimum Gasteiger partial charge on any atom is -0.390 e. The maximum atomic E-state index is 10.3. The lowest BCUT2D eigenvalue weighted by molar-refractivity contribution is 0.0842. The lowest BCUT2D eigenvalue weighted by Crippen LogP contribution is -2.48. The van der Waals surface area contributed by atoms with E-state index in [4.69, 9.17) is 0 Å². The zero-order chi connectivity index (χ0) is 15.4. The SMILES string of the molecule is Cc1cnc(C)c(N(C)CC(O)CN2CCN(C)CC2)n1. The van der Waals surface area contributed by atoms with Gasteiger partial charge in [-0.1, -0.05) is 0 Å². The maximum absolute atomic E-state index is 10.3. The number of rotatable bonds is 5. The second kappa shape index (κ2) is 7.15. The molecule has 0 aliphatic carbocycles. The van der Waals surface area contributed by atoms with Gasteiger partial charge in [0.1, 0.15) is 5.82 Å². The van der Waals surface area contributed by atoms with E-state index in [9.17, 15) is 5.11 Å². The summed E-state index contributed by atoms with van der Waals surface area (Å²) in [5.41, 5.74) is 1.80. The van der Waals surface area contributed by atoms with Gasteiger partial charge < -0.3 is 14.9 Å². The van der Waals surface area contributed by atoms with Crippen molar-refractivity contribution in [1.82, 2.24) is 19.8 Å². The highest BCUT2D eigenvalue weighted by molar-refractivity contribution is 5.42. The Balaban J connectivity index is 1.87. The summed E-state index contributed by atoms with van der Waals surface area (Å²) in [7, 11) is 4.10. The molecule has 118 valence electrons. The molecule has 1 N–H and O–H groups in total. The number of hydrogen-bond acceptors (Lipinski definition) is 6. The molecule has 0 radical (unpaired) electrons. The van der Waals surface area contributed by atoms with Crippen LogP contribution in [0.15, 0.2) is 6.20 Å². The predicted molar refractivity (Wildman–Crippen MR) is 84.7 cm³/mol. The summed E-state index contributed by atoms with van der Waals surface area (Å²) in [5.74, 6) is 0.854. The molecule has 2 heterocycles. The predicted octanol–water partition coefficient (Wildman–Crippen LogP) is 0.138. The topological polar surface area (TPSA) is 55.7 Å². The Morgan fingerprint density at radius 3 is 2.62 bits per heavy atom. The zero-order valence-electron chi connectivity index (χ0n) is 13.6. The third kappa shape index (κ3) is 4.62. The number of aryl methyl sites for hydroxylation is 2. The minimum absolute atomic E-state index is 0.375. The zero-order valence-corrected chi connectivity index (χ0v) is 13.6. The molecule has 0 spiro atoms. The van der Waals surface area contributed by atoms with E-state index in [0.717, 1.165) is 49.9 Å². The van der Waals surface area contributed by atoms with Crippen molar-refractivity contribution in [3.8, 4) is 0 Å². The van der Waals surface area contributed by atoms with Crippen LogP contribution in [0.2, 0.25) is 0 Å². The van der Waals surface area contributed by atoms with Gasteiger partial charge in [0.15, 0.2) is 0 Å². The largest absolute Gasteiger partial charge is 0.390 e. The lowest BCUT2D eigenvalue weighted by Gasteiger charge is -2.34. The van der Waals surface area contributed by atoms with Gasteiger partial charge in [-0.05, 0) is 20.9 Å². The second-order valence-corrected chi connectivity index (χ2v) is 6.06. The van der Waals surface area contributed by atoms with Crippen LogP contribution in [0.3, 0.4) is 0 Å². The van der Waals surface area contributed by atoms with Gasteiger partial charge in [-0.15, -0.1) is 0 Å². The number of piperazine rings is 1. The Bertz CT molecular complexity index is 459. The Kier molecular flexibility index (Phi) is 5.50. The molecule has 1 aromatic heterocycles. The Morgan fingerprint density at radius 1 is 1.29 bits per heavy atom. The highest BCUT2D eigenvalue weighted by Gasteiger charge is 2.19. The van der Waals surface area contributed by atoms with Gasteiger partial charge in [0.25, 0.3) is 0 Å². The molecule has 1 saturated heterocycles. The van der Waals surface area contributed by atoms with E-state index in [2.05, 4.69) is 26.8 Å². The summed E-state index contributed by atoms with van der Waals surface area (Å²) in [6, 6.07) is 0. The van der Waals surface area contributed by atoms with Crippen LogP contribution >= 0.6 is 0 Å². The fourth-order valence-electron chi connectivity index (χ4n) is 2.68. The standard InChI is InChI=1S/C15H27N5O/c1-12-9-16-13(2)15(17-12)19(4)10-14(21)11-20-7-5-18(3)6-8-20/h9,14,21H,5-8,10-11H2,1-4H3. The van der Waals surface area contributed by atoms with Gasteiger partial charge in [0, 0.05) is 52.5 Å². The second-order valence-electron chi connectivity index (χ2n) is 6.06. The van der Waals surface area contributed by atoms with Crippen LogP contribution in [-0.4, -0.2) is 84.3 Å². The molecular formula is C15H27N5O. The summed E-state index contributed by atoms with van der Waals surface area (Å²) in [6.07, 6.45) is 1.40. The minimum atomic E-state index is -0.375. The molecule has 1 atom stereocenters. The number of nitrogens with zero attached hydrogens (tertiary/aromatic N) is 5. The molecule has 6 nitrogen and oxygen atoms in total. The Hall–Kier alpha value is -1.24. The molecule has 21 heavy (non-hydrogen) atoms.